The van der Waals surface area contributed by atoms with E-state index in [4.69, 9.17) is 16.3 Å². The van der Waals surface area contributed by atoms with Gasteiger partial charge < -0.3 is 4.74 Å². The second-order valence-electron chi connectivity index (χ2n) is 4.98. The minimum absolute atomic E-state index is 0.418. The first-order chi connectivity index (χ1) is 9.07. The van der Waals surface area contributed by atoms with Gasteiger partial charge in [-0.2, -0.15) is 4.99 Å². The van der Waals surface area contributed by atoms with Crippen molar-refractivity contribution in [1.82, 2.24) is 0 Å². The molecule has 0 atom stereocenters. The van der Waals surface area contributed by atoms with Crippen LogP contribution in [0, 0.1) is 0 Å². The second kappa shape index (κ2) is 5.60. The van der Waals surface area contributed by atoms with E-state index in [9.17, 15) is 4.79 Å². The number of aliphatic imine (C=N–C) groups is 1. The largest absolute Gasteiger partial charge is 0.488 e. The summed E-state index contributed by atoms with van der Waals surface area (Å²) >= 11 is 6.21. The summed E-state index contributed by atoms with van der Waals surface area (Å²) in [5.41, 5.74) is 1.47. The van der Waals surface area contributed by atoms with E-state index in [1.807, 2.05) is 25.1 Å². The van der Waals surface area contributed by atoms with Crippen LogP contribution < -0.4 is 4.74 Å². The fourth-order valence-electron chi connectivity index (χ4n) is 2.17. The summed E-state index contributed by atoms with van der Waals surface area (Å²) in [5, 5.41) is 0.533. The molecular weight excluding hydrogens is 262 g/mol. The molecule has 1 fully saturated rings. The maximum atomic E-state index is 10.6. The van der Waals surface area contributed by atoms with Crippen LogP contribution in [0.2, 0.25) is 5.02 Å². The van der Waals surface area contributed by atoms with E-state index in [1.54, 1.807) is 6.08 Å². The standard InChI is InChI=1S/C15H16ClNO2/c1-11(2)9-19-14-5-4-12(8-13(14)16)15(17-10-18)6-3-7-15/h4-5,8H,1,3,6-7,9H2,2H3. The first kappa shape index (κ1) is 13.9. The van der Waals surface area contributed by atoms with Gasteiger partial charge in [-0.25, -0.2) is 4.79 Å². The van der Waals surface area contributed by atoms with Crippen molar-refractivity contribution < 1.29 is 9.53 Å². The minimum Gasteiger partial charge on any atom is -0.488 e. The Balaban J connectivity index is 2.23. The Labute approximate surface area is 117 Å². The summed E-state index contributed by atoms with van der Waals surface area (Å²) in [7, 11) is 0. The molecule has 0 N–H and O–H groups in total. The SMILES string of the molecule is C=C(C)COc1ccc(C2(N=C=O)CCC2)cc1Cl. The third-order valence-corrected chi connectivity index (χ3v) is 3.68. The van der Waals surface area contributed by atoms with Gasteiger partial charge in [0.1, 0.15) is 12.4 Å². The van der Waals surface area contributed by atoms with Gasteiger partial charge in [0.2, 0.25) is 6.08 Å². The lowest BCUT2D eigenvalue weighted by atomic mass is 9.72. The van der Waals surface area contributed by atoms with Crippen LogP contribution in [0.25, 0.3) is 0 Å². The summed E-state index contributed by atoms with van der Waals surface area (Å²) in [6.07, 6.45) is 4.47. The molecule has 1 aliphatic rings. The average Bonchev–Trinajstić information content (AvgIpc) is 2.32. The molecule has 2 rings (SSSR count). The highest BCUT2D eigenvalue weighted by molar-refractivity contribution is 6.32. The quantitative estimate of drug-likeness (QED) is 0.463. The smallest absolute Gasteiger partial charge is 0.235 e. The Morgan fingerprint density at radius 3 is 2.79 bits per heavy atom. The molecule has 100 valence electrons. The van der Waals surface area contributed by atoms with E-state index in [0.717, 1.165) is 30.4 Å². The highest BCUT2D eigenvalue weighted by atomic mass is 35.5. The van der Waals surface area contributed by atoms with Gasteiger partial charge in [0, 0.05) is 0 Å². The molecule has 0 heterocycles. The van der Waals surface area contributed by atoms with Crippen LogP contribution in [-0.2, 0) is 10.3 Å². The number of hydrogen-bond acceptors (Lipinski definition) is 3. The summed E-state index contributed by atoms with van der Waals surface area (Å²) < 4.78 is 5.54. The van der Waals surface area contributed by atoms with Gasteiger partial charge in [-0.3, -0.25) is 0 Å². The number of hydrogen-bond donors (Lipinski definition) is 0. The number of nitrogens with zero attached hydrogens (tertiary/aromatic N) is 1. The van der Waals surface area contributed by atoms with Crippen LogP contribution in [0.15, 0.2) is 35.3 Å². The second-order valence-corrected chi connectivity index (χ2v) is 5.39. The molecule has 0 bridgehead atoms. The van der Waals surface area contributed by atoms with Gasteiger partial charge >= 0.3 is 0 Å². The molecule has 4 heteroatoms. The van der Waals surface area contributed by atoms with Crippen LogP contribution in [0.1, 0.15) is 31.7 Å². The van der Waals surface area contributed by atoms with Gasteiger partial charge in [0.25, 0.3) is 0 Å². The number of ether oxygens (including phenoxy) is 1. The maximum Gasteiger partial charge on any atom is 0.235 e. The van der Waals surface area contributed by atoms with E-state index >= 15 is 0 Å². The third-order valence-electron chi connectivity index (χ3n) is 3.38. The molecular formula is C15H16ClNO2. The van der Waals surface area contributed by atoms with Gasteiger partial charge in [-0.1, -0.05) is 24.2 Å². The van der Waals surface area contributed by atoms with Crippen LogP contribution in [-0.4, -0.2) is 12.7 Å². The van der Waals surface area contributed by atoms with Crippen molar-refractivity contribution in [3.63, 3.8) is 0 Å². The average molecular weight is 278 g/mol. The van der Waals surface area contributed by atoms with Crippen molar-refractivity contribution in [3.8, 4) is 5.75 Å². The number of halogens is 1. The molecule has 0 unspecified atom stereocenters. The van der Waals surface area contributed by atoms with Crippen LogP contribution in [0.3, 0.4) is 0 Å². The molecule has 1 aromatic carbocycles. The van der Waals surface area contributed by atoms with Crippen molar-refractivity contribution in [3.05, 3.63) is 40.9 Å². The van der Waals surface area contributed by atoms with Gasteiger partial charge in [-0.15, -0.1) is 0 Å². The van der Waals surface area contributed by atoms with Crippen molar-refractivity contribution in [2.24, 2.45) is 4.99 Å². The number of benzene rings is 1. The maximum absolute atomic E-state index is 10.6. The Morgan fingerprint density at radius 1 is 1.58 bits per heavy atom. The normalized spacial score (nSPS) is 16.1. The predicted molar refractivity (Wildman–Crippen MR) is 75.4 cm³/mol. The highest BCUT2D eigenvalue weighted by Gasteiger charge is 2.39. The topological polar surface area (TPSA) is 38.7 Å². The van der Waals surface area contributed by atoms with E-state index in [-0.39, 0.29) is 0 Å². The molecule has 19 heavy (non-hydrogen) atoms. The van der Waals surface area contributed by atoms with Crippen molar-refractivity contribution >= 4 is 17.7 Å². The predicted octanol–water partition coefficient (Wildman–Crippen LogP) is 4.01. The Morgan fingerprint density at radius 2 is 2.32 bits per heavy atom. The molecule has 1 aromatic rings. The van der Waals surface area contributed by atoms with Crippen molar-refractivity contribution in [1.29, 1.82) is 0 Å². The number of isocyanates is 1. The lowest BCUT2D eigenvalue weighted by Crippen LogP contribution is -2.31. The molecule has 0 aliphatic heterocycles. The molecule has 3 nitrogen and oxygen atoms in total. The number of carbonyl (C=O) groups excluding carboxylic acids is 1. The molecule has 1 saturated carbocycles. The van der Waals surface area contributed by atoms with Gasteiger partial charge in [-0.05, 0) is 49.5 Å². The summed E-state index contributed by atoms with van der Waals surface area (Å²) in [6, 6.07) is 5.57. The summed E-state index contributed by atoms with van der Waals surface area (Å²) in [5.74, 6) is 0.623. The Hall–Kier alpha value is -1.57. The first-order valence-electron chi connectivity index (χ1n) is 6.24. The zero-order valence-corrected chi connectivity index (χ0v) is 11.7. The monoisotopic (exact) mass is 277 g/mol. The zero-order valence-electron chi connectivity index (χ0n) is 10.9. The molecule has 0 aromatic heterocycles. The summed E-state index contributed by atoms with van der Waals surface area (Å²) in [4.78, 5) is 14.5. The highest BCUT2D eigenvalue weighted by Crippen LogP contribution is 2.46. The molecule has 0 amide bonds. The first-order valence-corrected chi connectivity index (χ1v) is 6.61. The van der Waals surface area contributed by atoms with Crippen molar-refractivity contribution in [2.75, 3.05) is 6.61 Å². The minimum atomic E-state index is -0.418. The third kappa shape index (κ3) is 2.89. The lowest BCUT2D eigenvalue weighted by molar-refractivity contribution is 0.255. The van der Waals surface area contributed by atoms with Crippen LogP contribution in [0.5, 0.6) is 5.75 Å². The zero-order chi connectivity index (χ0) is 13.9. The molecule has 1 aliphatic carbocycles. The fraction of sp³-hybridized carbons (Fsp3) is 0.400. The fourth-order valence-corrected chi connectivity index (χ4v) is 2.41. The van der Waals surface area contributed by atoms with Crippen LogP contribution in [0.4, 0.5) is 0 Å². The van der Waals surface area contributed by atoms with E-state index in [1.165, 1.54) is 0 Å². The molecule has 0 radical (unpaired) electrons. The van der Waals surface area contributed by atoms with E-state index < -0.39 is 5.54 Å². The van der Waals surface area contributed by atoms with Crippen LogP contribution >= 0.6 is 11.6 Å². The molecule has 0 saturated heterocycles. The number of rotatable bonds is 5. The Kier molecular flexibility index (Phi) is 4.08. The summed E-state index contributed by atoms with van der Waals surface area (Å²) in [6.45, 7) is 6.11. The van der Waals surface area contributed by atoms with Gasteiger partial charge in [0.05, 0.1) is 10.6 Å². The van der Waals surface area contributed by atoms with Crippen molar-refractivity contribution in [2.45, 2.75) is 31.7 Å². The van der Waals surface area contributed by atoms with E-state index in [2.05, 4.69) is 11.6 Å². The molecule has 0 spiro atoms. The van der Waals surface area contributed by atoms with Gasteiger partial charge in [0.15, 0.2) is 0 Å². The lowest BCUT2D eigenvalue weighted by Gasteiger charge is -2.37. The Bertz CT molecular complexity index is 543. The van der Waals surface area contributed by atoms with E-state index in [0.29, 0.717) is 17.4 Å².